The van der Waals surface area contributed by atoms with Crippen LogP contribution in [0.25, 0.3) is 0 Å². The average molecular weight is 336 g/mol. The van der Waals surface area contributed by atoms with Crippen LogP contribution < -0.4 is 10.1 Å². The predicted octanol–water partition coefficient (Wildman–Crippen LogP) is 2.68. The van der Waals surface area contributed by atoms with Crippen molar-refractivity contribution in [2.75, 3.05) is 13.7 Å². The number of benzene rings is 2. The van der Waals surface area contributed by atoms with E-state index in [0.29, 0.717) is 6.54 Å². The highest BCUT2D eigenvalue weighted by Crippen LogP contribution is 2.26. The Bertz CT molecular complexity index is 787. The Morgan fingerprint density at radius 2 is 2.04 bits per heavy atom. The summed E-state index contributed by atoms with van der Waals surface area (Å²) in [6, 6.07) is 14.5. The van der Waals surface area contributed by atoms with Crippen LogP contribution in [0.3, 0.4) is 0 Å². The summed E-state index contributed by atoms with van der Waals surface area (Å²) in [4.78, 5) is 14.8. The lowest BCUT2D eigenvalue weighted by Crippen LogP contribution is -2.48. The molecule has 25 heavy (non-hydrogen) atoms. The van der Waals surface area contributed by atoms with Gasteiger partial charge < -0.3 is 10.1 Å². The molecule has 0 unspecified atom stereocenters. The molecule has 1 N–H and O–H groups in total. The summed E-state index contributed by atoms with van der Waals surface area (Å²) in [6.07, 6.45) is 2.89. The summed E-state index contributed by atoms with van der Waals surface area (Å²) >= 11 is 0. The third-order valence-electron chi connectivity index (χ3n) is 5.23. The zero-order valence-corrected chi connectivity index (χ0v) is 14.6. The van der Waals surface area contributed by atoms with Gasteiger partial charge in [0.05, 0.1) is 12.6 Å². The van der Waals surface area contributed by atoms with E-state index in [1.807, 2.05) is 25.2 Å². The summed E-state index contributed by atoms with van der Waals surface area (Å²) in [6.45, 7) is 2.20. The van der Waals surface area contributed by atoms with Crippen molar-refractivity contribution in [3.8, 4) is 5.75 Å². The van der Waals surface area contributed by atoms with Gasteiger partial charge in [-0.3, -0.25) is 9.69 Å². The van der Waals surface area contributed by atoms with Crippen LogP contribution in [0.5, 0.6) is 5.75 Å². The van der Waals surface area contributed by atoms with Crippen LogP contribution in [0.4, 0.5) is 0 Å². The van der Waals surface area contributed by atoms with Gasteiger partial charge in [-0.1, -0.05) is 36.4 Å². The number of rotatable bonds is 3. The van der Waals surface area contributed by atoms with Gasteiger partial charge in [-0.2, -0.15) is 0 Å². The Morgan fingerprint density at radius 3 is 2.92 bits per heavy atom. The first-order valence-corrected chi connectivity index (χ1v) is 9.00. The Balaban J connectivity index is 1.41. The number of hydrogen-bond acceptors (Lipinski definition) is 3. The number of carbonyl (C=O) groups excluding carboxylic acids is 1. The number of aryl methyl sites for hydroxylation is 1. The molecule has 2 heterocycles. The van der Waals surface area contributed by atoms with E-state index in [1.54, 1.807) is 0 Å². The summed E-state index contributed by atoms with van der Waals surface area (Å²) in [5, 5.41) is 3.12. The van der Waals surface area contributed by atoms with Crippen molar-refractivity contribution in [1.82, 2.24) is 10.2 Å². The minimum absolute atomic E-state index is 0.101. The molecular weight excluding hydrogens is 312 g/mol. The van der Waals surface area contributed by atoms with Gasteiger partial charge in [0.15, 0.2) is 0 Å². The van der Waals surface area contributed by atoms with Crippen LogP contribution >= 0.6 is 0 Å². The molecule has 1 atom stereocenters. The van der Waals surface area contributed by atoms with E-state index < -0.39 is 0 Å². The largest absolute Gasteiger partial charge is 0.493 e. The van der Waals surface area contributed by atoms with Crippen molar-refractivity contribution in [1.29, 1.82) is 0 Å². The molecule has 2 aromatic carbocycles. The normalized spacial score (nSPS) is 19.5. The van der Waals surface area contributed by atoms with E-state index in [1.165, 1.54) is 16.7 Å². The fourth-order valence-electron chi connectivity index (χ4n) is 3.78. The number of amides is 1. The first-order chi connectivity index (χ1) is 12.2. The molecule has 0 spiro atoms. The van der Waals surface area contributed by atoms with Crippen LogP contribution in [0.15, 0.2) is 42.5 Å². The van der Waals surface area contributed by atoms with Crippen molar-refractivity contribution >= 4 is 5.91 Å². The Hall–Kier alpha value is -2.33. The lowest BCUT2D eigenvalue weighted by atomic mass is 9.94. The van der Waals surface area contributed by atoms with Gasteiger partial charge in [-0.25, -0.2) is 0 Å². The zero-order chi connectivity index (χ0) is 17.2. The molecule has 0 aromatic heterocycles. The molecular formula is C21H24N2O2. The number of hydrogen-bond donors (Lipinski definition) is 1. The monoisotopic (exact) mass is 336 g/mol. The zero-order valence-electron chi connectivity index (χ0n) is 14.6. The molecule has 130 valence electrons. The highest BCUT2D eigenvalue weighted by atomic mass is 16.5. The third-order valence-corrected chi connectivity index (χ3v) is 5.23. The maximum absolute atomic E-state index is 12.7. The molecule has 0 fully saturated rings. The van der Waals surface area contributed by atoms with Crippen LogP contribution in [0.1, 0.15) is 28.7 Å². The van der Waals surface area contributed by atoms with Gasteiger partial charge in [0, 0.05) is 13.1 Å². The van der Waals surface area contributed by atoms with E-state index in [9.17, 15) is 4.79 Å². The Kier molecular flexibility index (Phi) is 4.45. The number of nitrogens with zero attached hydrogens (tertiary/aromatic N) is 1. The van der Waals surface area contributed by atoms with Crippen LogP contribution in [0.2, 0.25) is 0 Å². The van der Waals surface area contributed by atoms with E-state index in [4.69, 9.17) is 4.74 Å². The lowest BCUT2D eigenvalue weighted by Gasteiger charge is -2.33. The fourth-order valence-corrected chi connectivity index (χ4v) is 3.78. The molecule has 0 aliphatic carbocycles. The standard InChI is InChI=1S/C21H24N2O2/c1-23-14-18-6-3-2-5-16(18)12-19(23)21(24)22-13-15-8-9-20-17(11-15)7-4-10-25-20/h2-3,5-6,8-9,11,19H,4,7,10,12-14H2,1H3,(H,22,24)/t19-/m0/s1. The molecule has 1 amide bonds. The van der Waals surface area contributed by atoms with Crippen LogP contribution in [-0.4, -0.2) is 30.5 Å². The summed E-state index contributed by atoms with van der Waals surface area (Å²) < 4.78 is 5.65. The molecule has 2 aromatic rings. The van der Waals surface area contributed by atoms with Gasteiger partial charge >= 0.3 is 0 Å². The predicted molar refractivity (Wildman–Crippen MR) is 97.5 cm³/mol. The second kappa shape index (κ2) is 6.89. The SMILES string of the molecule is CN1Cc2ccccc2C[C@H]1C(=O)NCc1ccc2c(c1)CCCO2. The number of likely N-dealkylation sites (N-methyl/N-ethyl adjacent to an activating group) is 1. The molecule has 4 nitrogen and oxygen atoms in total. The highest BCUT2D eigenvalue weighted by molar-refractivity contribution is 5.82. The third kappa shape index (κ3) is 3.40. The first-order valence-electron chi connectivity index (χ1n) is 9.00. The summed E-state index contributed by atoms with van der Waals surface area (Å²) in [5.41, 5.74) is 4.99. The molecule has 2 aliphatic heterocycles. The Morgan fingerprint density at radius 1 is 1.20 bits per heavy atom. The molecule has 0 radical (unpaired) electrons. The van der Waals surface area contributed by atoms with Gasteiger partial charge in [0.2, 0.25) is 5.91 Å². The second-order valence-corrected chi connectivity index (χ2v) is 7.02. The van der Waals surface area contributed by atoms with Crippen molar-refractivity contribution in [2.45, 2.75) is 38.4 Å². The number of ether oxygens (including phenoxy) is 1. The van der Waals surface area contributed by atoms with Gasteiger partial charge in [-0.15, -0.1) is 0 Å². The second-order valence-electron chi connectivity index (χ2n) is 7.02. The highest BCUT2D eigenvalue weighted by Gasteiger charge is 2.28. The van der Waals surface area contributed by atoms with Crippen LogP contribution in [-0.2, 0) is 30.7 Å². The minimum Gasteiger partial charge on any atom is -0.493 e. The molecule has 0 saturated carbocycles. The van der Waals surface area contributed by atoms with E-state index >= 15 is 0 Å². The van der Waals surface area contributed by atoms with Gasteiger partial charge in [-0.05, 0) is 54.6 Å². The summed E-state index contributed by atoms with van der Waals surface area (Å²) in [5.74, 6) is 1.09. The maximum Gasteiger partial charge on any atom is 0.237 e. The van der Waals surface area contributed by atoms with E-state index in [0.717, 1.165) is 43.7 Å². The number of carbonyl (C=O) groups is 1. The molecule has 2 aliphatic rings. The van der Waals surface area contributed by atoms with Crippen molar-refractivity contribution < 1.29 is 9.53 Å². The minimum atomic E-state index is -0.101. The van der Waals surface area contributed by atoms with E-state index in [-0.39, 0.29) is 11.9 Å². The molecule has 0 saturated heterocycles. The lowest BCUT2D eigenvalue weighted by molar-refractivity contribution is -0.126. The maximum atomic E-state index is 12.7. The molecule has 4 rings (SSSR count). The van der Waals surface area contributed by atoms with E-state index in [2.05, 4.69) is 34.5 Å². The van der Waals surface area contributed by atoms with Crippen molar-refractivity contribution in [3.05, 3.63) is 64.7 Å². The number of fused-ring (bicyclic) bond motifs is 2. The average Bonchev–Trinajstić information content (AvgIpc) is 2.65. The Labute approximate surface area is 148 Å². The van der Waals surface area contributed by atoms with Crippen LogP contribution in [0, 0.1) is 0 Å². The quantitative estimate of drug-likeness (QED) is 0.937. The first kappa shape index (κ1) is 16.2. The fraction of sp³-hybridized carbons (Fsp3) is 0.381. The van der Waals surface area contributed by atoms with Crippen molar-refractivity contribution in [2.24, 2.45) is 0 Å². The molecule has 4 heteroatoms. The smallest absolute Gasteiger partial charge is 0.237 e. The number of nitrogens with one attached hydrogen (secondary N) is 1. The summed E-state index contributed by atoms with van der Waals surface area (Å²) in [7, 11) is 2.02. The van der Waals surface area contributed by atoms with Gasteiger partial charge in [0.25, 0.3) is 0 Å². The van der Waals surface area contributed by atoms with Crippen molar-refractivity contribution in [3.63, 3.8) is 0 Å². The molecule has 0 bridgehead atoms. The topological polar surface area (TPSA) is 41.6 Å². The van der Waals surface area contributed by atoms with Gasteiger partial charge in [0.1, 0.15) is 5.75 Å².